The zero-order valence-electron chi connectivity index (χ0n) is 17.7. The Balaban J connectivity index is 1.53. The molecule has 0 radical (unpaired) electrons. The van der Waals surface area contributed by atoms with Crippen LogP contribution in [0.3, 0.4) is 0 Å². The Morgan fingerprint density at radius 2 is 1.52 bits per heavy atom. The smallest absolute Gasteiger partial charge is 0.123 e. The summed E-state index contributed by atoms with van der Waals surface area (Å²) in [5.74, 6) is 0.0360. The van der Waals surface area contributed by atoms with Crippen LogP contribution in [0.1, 0.15) is 94.0 Å². The standard InChI is InChI=1S/C26H34FNS/c1-2-3-4-5-6-7-8-9-10-11-17-23(21-15-14-16-22(27)20-21)26-28-24-18-12-13-19-25(24)29-26/h12-16,18-20,23H,2-11,17H2,1H3. The van der Waals surface area contributed by atoms with E-state index in [0.717, 1.165) is 22.5 Å². The second kappa shape index (κ2) is 12.1. The molecule has 1 atom stereocenters. The van der Waals surface area contributed by atoms with Crippen molar-refractivity contribution in [1.82, 2.24) is 4.98 Å². The molecule has 1 heterocycles. The first-order chi connectivity index (χ1) is 14.3. The van der Waals surface area contributed by atoms with Crippen molar-refractivity contribution in [1.29, 1.82) is 0 Å². The molecule has 156 valence electrons. The zero-order valence-corrected chi connectivity index (χ0v) is 18.5. The molecule has 1 nitrogen and oxygen atoms in total. The number of unbranched alkanes of at least 4 members (excludes halogenated alkanes) is 9. The summed E-state index contributed by atoms with van der Waals surface area (Å²) in [7, 11) is 0. The molecule has 0 N–H and O–H groups in total. The van der Waals surface area contributed by atoms with Crippen LogP contribution in [0.15, 0.2) is 48.5 Å². The Hall–Kier alpha value is -1.74. The third-order valence-electron chi connectivity index (χ3n) is 5.71. The maximum atomic E-state index is 13.9. The van der Waals surface area contributed by atoms with Crippen LogP contribution in [0.5, 0.6) is 0 Å². The highest BCUT2D eigenvalue weighted by Crippen LogP contribution is 2.35. The van der Waals surface area contributed by atoms with Crippen molar-refractivity contribution in [2.45, 2.75) is 83.5 Å². The molecule has 3 rings (SSSR count). The van der Waals surface area contributed by atoms with Gasteiger partial charge in [0, 0.05) is 5.92 Å². The second-order valence-electron chi connectivity index (χ2n) is 8.10. The molecule has 0 spiro atoms. The van der Waals surface area contributed by atoms with Crippen LogP contribution in [0.2, 0.25) is 0 Å². The minimum absolute atomic E-state index is 0.156. The van der Waals surface area contributed by atoms with E-state index in [1.54, 1.807) is 17.4 Å². The molecule has 29 heavy (non-hydrogen) atoms. The van der Waals surface area contributed by atoms with Gasteiger partial charge < -0.3 is 0 Å². The summed E-state index contributed by atoms with van der Waals surface area (Å²) in [6.07, 6.45) is 14.4. The lowest BCUT2D eigenvalue weighted by Gasteiger charge is -2.15. The first kappa shape index (κ1) is 22.0. The normalized spacial score (nSPS) is 12.5. The summed E-state index contributed by atoms with van der Waals surface area (Å²) < 4.78 is 15.1. The highest BCUT2D eigenvalue weighted by molar-refractivity contribution is 7.18. The first-order valence-corrected chi connectivity index (χ1v) is 12.2. The summed E-state index contributed by atoms with van der Waals surface area (Å²) in [5, 5.41) is 1.12. The summed E-state index contributed by atoms with van der Waals surface area (Å²) in [5.41, 5.74) is 2.11. The fourth-order valence-corrected chi connectivity index (χ4v) is 5.16. The number of aromatic nitrogens is 1. The predicted octanol–water partition coefficient (Wildman–Crippen LogP) is 8.88. The minimum atomic E-state index is -0.156. The number of benzene rings is 2. The first-order valence-electron chi connectivity index (χ1n) is 11.4. The molecule has 0 bridgehead atoms. The zero-order chi connectivity index (χ0) is 20.3. The maximum Gasteiger partial charge on any atom is 0.123 e. The van der Waals surface area contributed by atoms with Crippen molar-refractivity contribution in [2.24, 2.45) is 0 Å². The maximum absolute atomic E-state index is 13.9. The van der Waals surface area contributed by atoms with Gasteiger partial charge in [-0.05, 0) is 36.2 Å². The van der Waals surface area contributed by atoms with Crippen molar-refractivity contribution in [2.75, 3.05) is 0 Å². The van der Waals surface area contributed by atoms with Crippen molar-refractivity contribution < 1.29 is 4.39 Å². The number of thiazole rings is 1. The third-order valence-corrected chi connectivity index (χ3v) is 6.86. The molecule has 0 aliphatic heterocycles. The topological polar surface area (TPSA) is 12.9 Å². The van der Waals surface area contributed by atoms with Crippen LogP contribution in [0, 0.1) is 5.82 Å². The molecule has 3 heteroatoms. The van der Waals surface area contributed by atoms with Gasteiger partial charge in [0.1, 0.15) is 10.8 Å². The van der Waals surface area contributed by atoms with E-state index in [0.29, 0.717) is 0 Å². The second-order valence-corrected chi connectivity index (χ2v) is 9.16. The Labute approximate surface area is 179 Å². The van der Waals surface area contributed by atoms with Crippen LogP contribution in [0.25, 0.3) is 10.2 Å². The van der Waals surface area contributed by atoms with Gasteiger partial charge in [0.25, 0.3) is 0 Å². The van der Waals surface area contributed by atoms with Crippen molar-refractivity contribution in [3.8, 4) is 0 Å². The van der Waals surface area contributed by atoms with Gasteiger partial charge in [-0.2, -0.15) is 0 Å². The van der Waals surface area contributed by atoms with E-state index in [-0.39, 0.29) is 11.7 Å². The van der Waals surface area contributed by atoms with Crippen LogP contribution < -0.4 is 0 Å². The van der Waals surface area contributed by atoms with E-state index >= 15 is 0 Å². The molecular weight excluding hydrogens is 377 g/mol. The average molecular weight is 412 g/mol. The number of para-hydroxylation sites is 1. The third kappa shape index (κ3) is 6.92. The number of hydrogen-bond acceptors (Lipinski definition) is 2. The fraction of sp³-hybridized carbons (Fsp3) is 0.500. The number of rotatable bonds is 13. The molecule has 0 saturated heterocycles. The van der Waals surface area contributed by atoms with Gasteiger partial charge >= 0.3 is 0 Å². The Morgan fingerprint density at radius 1 is 0.828 bits per heavy atom. The van der Waals surface area contributed by atoms with Gasteiger partial charge in [0.2, 0.25) is 0 Å². The van der Waals surface area contributed by atoms with E-state index in [4.69, 9.17) is 4.98 Å². The van der Waals surface area contributed by atoms with Crippen LogP contribution >= 0.6 is 11.3 Å². The van der Waals surface area contributed by atoms with Crippen LogP contribution in [-0.2, 0) is 0 Å². The molecule has 1 aromatic heterocycles. The van der Waals surface area contributed by atoms with Crippen molar-refractivity contribution in [3.63, 3.8) is 0 Å². The Bertz CT molecular complexity index is 824. The Kier molecular flexibility index (Phi) is 9.14. The quantitative estimate of drug-likeness (QED) is 0.256. The van der Waals surface area contributed by atoms with Crippen LogP contribution in [-0.4, -0.2) is 4.98 Å². The number of hydrogen-bond donors (Lipinski definition) is 0. The van der Waals surface area contributed by atoms with E-state index in [1.807, 2.05) is 12.1 Å². The lowest BCUT2D eigenvalue weighted by atomic mass is 9.93. The van der Waals surface area contributed by atoms with Crippen LogP contribution in [0.4, 0.5) is 4.39 Å². The van der Waals surface area contributed by atoms with Crippen molar-refractivity contribution >= 4 is 21.6 Å². The lowest BCUT2D eigenvalue weighted by molar-refractivity contribution is 0.539. The van der Waals surface area contributed by atoms with E-state index < -0.39 is 0 Å². The number of fused-ring (bicyclic) bond motifs is 1. The number of halogens is 1. The molecule has 0 aliphatic rings. The number of nitrogens with zero attached hydrogens (tertiary/aromatic N) is 1. The lowest BCUT2D eigenvalue weighted by Crippen LogP contribution is -2.01. The molecule has 0 amide bonds. The SMILES string of the molecule is CCCCCCCCCCCCC(c1cccc(F)c1)c1nc2ccccc2s1. The summed E-state index contributed by atoms with van der Waals surface area (Å²) >= 11 is 1.75. The predicted molar refractivity (Wildman–Crippen MR) is 124 cm³/mol. The molecular formula is C26H34FNS. The Morgan fingerprint density at radius 3 is 2.21 bits per heavy atom. The van der Waals surface area contributed by atoms with Gasteiger partial charge in [-0.3, -0.25) is 0 Å². The average Bonchev–Trinajstić information content (AvgIpc) is 3.16. The molecule has 2 aromatic carbocycles. The minimum Gasteiger partial charge on any atom is -0.241 e. The van der Waals surface area contributed by atoms with Gasteiger partial charge in [0.05, 0.1) is 10.2 Å². The molecule has 0 saturated carbocycles. The van der Waals surface area contributed by atoms with Gasteiger partial charge in [-0.1, -0.05) is 95.4 Å². The summed E-state index contributed by atoms with van der Waals surface area (Å²) in [6.45, 7) is 2.27. The fourth-order valence-electron chi connectivity index (χ4n) is 4.03. The van der Waals surface area contributed by atoms with E-state index in [2.05, 4.69) is 31.2 Å². The molecule has 3 aromatic rings. The highest BCUT2D eigenvalue weighted by Gasteiger charge is 2.19. The van der Waals surface area contributed by atoms with Gasteiger partial charge in [0.15, 0.2) is 0 Å². The molecule has 1 unspecified atom stereocenters. The summed E-state index contributed by atoms with van der Waals surface area (Å²) in [4.78, 5) is 4.88. The monoisotopic (exact) mass is 411 g/mol. The molecule has 0 aliphatic carbocycles. The van der Waals surface area contributed by atoms with E-state index in [1.165, 1.54) is 75.0 Å². The van der Waals surface area contributed by atoms with Crippen molar-refractivity contribution in [3.05, 3.63) is 64.9 Å². The largest absolute Gasteiger partial charge is 0.241 e. The summed E-state index contributed by atoms with van der Waals surface area (Å²) in [6, 6.07) is 15.4. The van der Waals surface area contributed by atoms with E-state index in [9.17, 15) is 4.39 Å². The van der Waals surface area contributed by atoms with Gasteiger partial charge in [-0.15, -0.1) is 11.3 Å². The molecule has 0 fully saturated rings. The van der Waals surface area contributed by atoms with Gasteiger partial charge in [-0.25, -0.2) is 9.37 Å². The highest BCUT2D eigenvalue weighted by atomic mass is 32.1.